The highest BCUT2D eigenvalue weighted by molar-refractivity contribution is 5.80. The average molecular weight is 303 g/mol. The number of methoxy groups -OCH3 is 1. The lowest BCUT2D eigenvalue weighted by atomic mass is 10.0. The van der Waals surface area contributed by atoms with Crippen LogP contribution in [0.3, 0.4) is 0 Å². The van der Waals surface area contributed by atoms with Crippen LogP contribution in [0.15, 0.2) is 35.3 Å². The molecule has 1 saturated heterocycles. The van der Waals surface area contributed by atoms with E-state index in [4.69, 9.17) is 9.73 Å². The molecule has 0 aliphatic carbocycles. The fourth-order valence-corrected chi connectivity index (χ4v) is 2.96. The van der Waals surface area contributed by atoms with Crippen molar-refractivity contribution in [1.82, 2.24) is 10.2 Å². The average Bonchev–Trinajstić information content (AvgIpc) is 2.55. The van der Waals surface area contributed by atoms with Gasteiger partial charge in [-0.2, -0.15) is 0 Å². The molecule has 1 aromatic carbocycles. The molecular formula is C18H29N3O. The molecule has 0 amide bonds. The third-order valence-electron chi connectivity index (χ3n) is 4.15. The van der Waals surface area contributed by atoms with Crippen LogP contribution < -0.4 is 5.32 Å². The predicted octanol–water partition coefficient (Wildman–Crippen LogP) is 3.07. The van der Waals surface area contributed by atoms with E-state index >= 15 is 0 Å². The molecule has 0 radical (unpaired) electrons. The number of hydrogen-bond acceptors (Lipinski definition) is 2. The van der Waals surface area contributed by atoms with E-state index in [1.54, 1.807) is 7.11 Å². The summed E-state index contributed by atoms with van der Waals surface area (Å²) in [5.41, 5.74) is 1.18. The third kappa shape index (κ3) is 4.73. The normalized spacial score (nSPS) is 20.8. The second-order valence-electron chi connectivity index (χ2n) is 6.02. The number of nitrogens with one attached hydrogen (secondary N) is 1. The van der Waals surface area contributed by atoms with Gasteiger partial charge in [-0.3, -0.25) is 4.99 Å². The molecule has 22 heavy (non-hydrogen) atoms. The highest BCUT2D eigenvalue weighted by Crippen LogP contribution is 2.18. The van der Waals surface area contributed by atoms with Crippen molar-refractivity contribution < 1.29 is 4.74 Å². The smallest absolute Gasteiger partial charge is 0.194 e. The Morgan fingerprint density at radius 3 is 2.82 bits per heavy atom. The molecule has 1 fully saturated rings. The Balaban J connectivity index is 2.05. The summed E-state index contributed by atoms with van der Waals surface area (Å²) in [5.74, 6) is 1.76. The van der Waals surface area contributed by atoms with Gasteiger partial charge in [0.15, 0.2) is 5.96 Å². The lowest BCUT2D eigenvalue weighted by Crippen LogP contribution is -2.46. The van der Waals surface area contributed by atoms with E-state index < -0.39 is 0 Å². The van der Waals surface area contributed by atoms with Crippen LogP contribution in [0.1, 0.15) is 38.4 Å². The van der Waals surface area contributed by atoms with Crippen LogP contribution in [0.5, 0.6) is 0 Å². The molecule has 0 spiro atoms. The van der Waals surface area contributed by atoms with Crippen LogP contribution >= 0.6 is 0 Å². The van der Waals surface area contributed by atoms with E-state index in [0.29, 0.717) is 6.54 Å². The minimum Gasteiger partial charge on any atom is -0.375 e. The van der Waals surface area contributed by atoms with Crippen molar-refractivity contribution in [2.45, 2.75) is 32.8 Å². The molecule has 4 heteroatoms. The number of piperidine rings is 1. The molecule has 2 atom stereocenters. The molecule has 0 aromatic heterocycles. The summed E-state index contributed by atoms with van der Waals surface area (Å²) < 4.78 is 5.62. The Kier molecular flexibility index (Phi) is 6.72. The number of nitrogens with zero attached hydrogens (tertiary/aromatic N) is 2. The number of guanidine groups is 1. The van der Waals surface area contributed by atoms with Crippen LogP contribution in [0.2, 0.25) is 0 Å². The largest absolute Gasteiger partial charge is 0.375 e. The molecule has 1 aliphatic heterocycles. The minimum atomic E-state index is 0.0112. The second kappa shape index (κ2) is 8.79. The van der Waals surface area contributed by atoms with Crippen molar-refractivity contribution in [3.05, 3.63) is 35.9 Å². The Morgan fingerprint density at radius 1 is 1.41 bits per heavy atom. The first kappa shape index (κ1) is 16.8. The van der Waals surface area contributed by atoms with Gasteiger partial charge in [-0.15, -0.1) is 0 Å². The highest BCUT2D eigenvalue weighted by atomic mass is 16.5. The first-order valence-corrected chi connectivity index (χ1v) is 8.35. The van der Waals surface area contributed by atoms with Gasteiger partial charge in [0.2, 0.25) is 0 Å². The fraction of sp³-hybridized carbons (Fsp3) is 0.611. The van der Waals surface area contributed by atoms with Gasteiger partial charge < -0.3 is 15.0 Å². The lowest BCUT2D eigenvalue weighted by Gasteiger charge is -2.33. The van der Waals surface area contributed by atoms with Crippen molar-refractivity contribution in [3.63, 3.8) is 0 Å². The first-order valence-electron chi connectivity index (χ1n) is 8.35. The van der Waals surface area contributed by atoms with Gasteiger partial charge in [0.05, 0.1) is 6.54 Å². The van der Waals surface area contributed by atoms with E-state index in [1.165, 1.54) is 18.4 Å². The zero-order valence-corrected chi connectivity index (χ0v) is 14.1. The van der Waals surface area contributed by atoms with Crippen LogP contribution in [-0.4, -0.2) is 44.1 Å². The number of aliphatic imine (C=N–C) groups is 1. The van der Waals surface area contributed by atoms with Crippen LogP contribution in [0.4, 0.5) is 0 Å². The summed E-state index contributed by atoms with van der Waals surface area (Å²) in [6.45, 7) is 8.17. The van der Waals surface area contributed by atoms with Crippen LogP contribution in [-0.2, 0) is 4.74 Å². The molecule has 1 aliphatic rings. The molecule has 1 aromatic rings. The zero-order chi connectivity index (χ0) is 15.8. The van der Waals surface area contributed by atoms with Crippen molar-refractivity contribution in [2.24, 2.45) is 10.9 Å². The maximum absolute atomic E-state index is 5.62. The second-order valence-corrected chi connectivity index (χ2v) is 6.02. The van der Waals surface area contributed by atoms with Gasteiger partial charge in [0, 0.05) is 26.7 Å². The molecule has 2 unspecified atom stereocenters. The summed E-state index contributed by atoms with van der Waals surface area (Å²) >= 11 is 0. The van der Waals surface area contributed by atoms with Crippen molar-refractivity contribution in [3.8, 4) is 0 Å². The van der Waals surface area contributed by atoms with Gasteiger partial charge in [-0.1, -0.05) is 37.3 Å². The van der Waals surface area contributed by atoms with Crippen molar-refractivity contribution in [1.29, 1.82) is 0 Å². The number of benzene rings is 1. The van der Waals surface area contributed by atoms with Gasteiger partial charge in [0.25, 0.3) is 0 Å². The van der Waals surface area contributed by atoms with Crippen LogP contribution in [0, 0.1) is 5.92 Å². The van der Waals surface area contributed by atoms with E-state index in [-0.39, 0.29) is 6.10 Å². The van der Waals surface area contributed by atoms with Crippen molar-refractivity contribution in [2.75, 3.05) is 33.3 Å². The molecule has 0 bridgehead atoms. The van der Waals surface area contributed by atoms with E-state index in [0.717, 1.165) is 31.5 Å². The standard InChI is InChI=1S/C18H29N3O/c1-4-19-18(21-12-8-9-15(2)14-21)20-13-17(22-3)16-10-6-5-7-11-16/h5-7,10-11,15,17H,4,8-9,12-14H2,1-3H3,(H,19,20). The van der Waals surface area contributed by atoms with Gasteiger partial charge in [0.1, 0.15) is 6.10 Å². The Bertz CT molecular complexity index is 461. The van der Waals surface area contributed by atoms with E-state index in [2.05, 4.69) is 36.2 Å². The maximum Gasteiger partial charge on any atom is 0.194 e. The number of hydrogen-bond donors (Lipinski definition) is 1. The topological polar surface area (TPSA) is 36.9 Å². The van der Waals surface area contributed by atoms with E-state index in [1.807, 2.05) is 18.2 Å². The molecule has 122 valence electrons. The van der Waals surface area contributed by atoms with Crippen molar-refractivity contribution >= 4 is 5.96 Å². The number of rotatable bonds is 5. The van der Waals surface area contributed by atoms with E-state index in [9.17, 15) is 0 Å². The molecule has 1 N–H and O–H groups in total. The Morgan fingerprint density at radius 2 is 2.18 bits per heavy atom. The maximum atomic E-state index is 5.62. The highest BCUT2D eigenvalue weighted by Gasteiger charge is 2.19. The predicted molar refractivity (Wildman–Crippen MR) is 92.1 cm³/mol. The minimum absolute atomic E-state index is 0.0112. The lowest BCUT2D eigenvalue weighted by molar-refractivity contribution is 0.110. The molecule has 2 rings (SSSR count). The van der Waals surface area contributed by atoms with Gasteiger partial charge >= 0.3 is 0 Å². The summed E-state index contributed by atoms with van der Waals surface area (Å²) in [4.78, 5) is 7.21. The molecule has 1 heterocycles. The molecule has 0 saturated carbocycles. The Labute approximate surface area is 134 Å². The summed E-state index contributed by atoms with van der Waals surface area (Å²) in [6, 6.07) is 10.3. The molecular weight excluding hydrogens is 274 g/mol. The zero-order valence-electron chi connectivity index (χ0n) is 14.1. The molecule has 4 nitrogen and oxygen atoms in total. The summed E-state index contributed by atoms with van der Waals surface area (Å²) in [6.07, 6.45) is 2.58. The summed E-state index contributed by atoms with van der Waals surface area (Å²) in [5, 5.41) is 3.42. The SMILES string of the molecule is CCNC(=NCC(OC)c1ccccc1)N1CCCC(C)C1. The Hall–Kier alpha value is -1.55. The van der Waals surface area contributed by atoms with Gasteiger partial charge in [-0.05, 0) is 31.2 Å². The quantitative estimate of drug-likeness (QED) is 0.671. The fourth-order valence-electron chi connectivity index (χ4n) is 2.96. The number of ether oxygens (including phenoxy) is 1. The third-order valence-corrected chi connectivity index (χ3v) is 4.15. The summed E-state index contributed by atoms with van der Waals surface area (Å²) in [7, 11) is 1.75. The monoisotopic (exact) mass is 303 g/mol. The van der Waals surface area contributed by atoms with Gasteiger partial charge in [-0.25, -0.2) is 0 Å². The van der Waals surface area contributed by atoms with Crippen LogP contribution in [0.25, 0.3) is 0 Å². The first-order chi connectivity index (χ1) is 10.7. The number of likely N-dealkylation sites (tertiary alicyclic amines) is 1.